The van der Waals surface area contributed by atoms with E-state index < -0.39 is 46.9 Å². The number of alkyl halides is 6. The average Bonchev–Trinajstić information content (AvgIpc) is 2.13. The predicted molar refractivity (Wildman–Crippen MR) is 311 cm³/mol. The van der Waals surface area contributed by atoms with Crippen molar-refractivity contribution >= 4 is 92.9 Å². The number of anilines is 12. The third-order valence-electron chi connectivity index (χ3n) is 12.8. The summed E-state index contributed by atoms with van der Waals surface area (Å²) in [7, 11) is 2.85. The summed E-state index contributed by atoms with van der Waals surface area (Å²) >= 11 is 0. The number of carbonyl (C=O) groups is 4. The van der Waals surface area contributed by atoms with E-state index in [4.69, 9.17) is 9.47 Å². The maximum absolute atomic E-state index is 13.8. The number of nitrogens with one attached hydrogen (secondary N) is 6. The van der Waals surface area contributed by atoms with E-state index in [0.29, 0.717) is 112 Å². The highest BCUT2D eigenvalue weighted by molar-refractivity contribution is 6.00. The molecule has 4 aromatic heterocycles. The molecule has 2 fully saturated rings. The molecule has 4 amide bonds. The van der Waals surface area contributed by atoms with Crippen LogP contribution in [0.1, 0.15) is 51.7 Å². The third kappa shape index (κ3) is 17.4. The summed E-state index contributed by atoms with van der Waals surface area (Å²) in [5.74, 6) is -0.295. The molecule has 22 nitrogen and oxygen atoms in total. The van der Waals surface area contributed by atoms with Gasteiger partial charge in [0.25, 0.3) is 0 Å². The van der Waals surface area contributed by atoms with Crippen LogP contribution in [0.15, 0.2) is 111 Å². The van der Waals surface area contributed by atoms with E-state index in [1.165, 1.54) is 38.5 Å². The third-order valence-corrected chi connectivity index (χ3v) is 12.8. The Morgan fingerprint density at radius 1 is 0.553 bits per heavy atom. The van der Waals surface area contributed by atoms with E-state index in [0.717, 1.165) is 12.2 Å². The number of piperazine rings is 2. The number of carbonyl (C=O) groups excluding carboxylic acids is 4. The number of ether oxygens (including phenoxy) is 2. The number of benzene rings is 2. The Hall–Kier alpha value is -9.76. The lowest BCUT2D eigenvalue weighted by Crippen LogP contribution is -2.49. The topological polar surface area (TPSA) is 249 Å². The van der Waals surface area contributed by atoms with Crippen LogP contribution in [0.4, 0.5) is 95.6 Å². The van der Waals surface area contributed by atoms with Crippen molar-refractivity contribution in [2.45, 2.75) is 52.9 Å². The highest BCUT2D eigenvalue weighted by Gasteiger charge is 2.37. The molecule has 0 bridgehead atoms. The molecule has 6 aromatic rings. The molecule has 0 radical (unpaired) electrons. The fourth-order valence-electron chi connectivity index (χ4n) is 8.61. The molecule has 8 rings (SSSR count). The van der Waals surface area contributed by atoms with Crippen molar-refractivity contribution in [1.82, 2.24) is 39.7 Å². The highest BCUT2D eigenvalue weighted by atomic mass is 19.4. The second-order valence-electron chi connectivity index (χ2n) is 20.2. The predicted octanol–water partition coefficient (Wildman–Crippen LogP) is 10.2. The standard InChI is InChI=1S/C30H35F3N8O3.C27H29F3N8O3/c1-6-24(42)35-19-8-7-9-20(16-19)36-26-21(30(31,32)33)18-34-28(39-26)37-22-10-11-23(38-27(22)44-5)40-12-14-41(15-13-40)25(43)17-29(2,3)4;1-4-22(39)32-17-7-6-8-18(15-17)33-24-19(27(28,29)30)16-31-26(36-24)34-20-9-10-21(35-25(20)41-3)37-11-13-38(14-12-37)23(40)5-2/h6-11,16,18H,1,12-15,17H2,2-5H3,(H,35,42)(H2,34,36,37,39);4,6-10,15-16H,1,5,11-14H2,2-3H3,(H,32,39)(H2,31,33,34,36). The van der Waals surface area contributed by atoms with Gasteiger partial charge in [0.2, 0.25) is 47.3 Å². The van der Waals surface area contributed by atoms with E-state index in [1.807, 2.05) is 47.3 Å². The van der Waals surface area contributed by atoms with Crippen molar-refractivity contribution in [1.29, 1.82) is 0 Å². The summed E-state index contributed by atoms with van der Waals surface area (Å²) in [6.07, 6.45) is -5.03. The Morgan fingerprint density at radius 2 is 0.941 bits per heavy atom. The van der Waals surface area contributed by atoms with Crippen molar-refractivity contribution < 1.29 is 55.0 Å². The van der Waals surface area contributed by atoms with Crippen LogP contribution < -0.4 is 51.2 Å². The van der Waals surface area contributed by atoms with E-state index in [9.17, 15) is 45.5 Å². The summed E-state index contributed by atoms with van der Waals surface area (Å²) in [5.41, 5.74) is -0.337. The van der Waals surface area contributed by atoms with E-state index in [1.54, 1.807) is 48.5 Å². The number of nitrogens with zero attached hydrogens (tertiary/aromatic N) is 10. The Morgan fingerprint density at radius 3 is 1.29 bits per heavy atom. The molecule has 2 aliphatic heterocycles. The monoisotopic (exact) mass is 1180 g/mol. The zero-order chi connectivity index (χ0) is 61.6. The molecule has 0 spiro atoms. The van der Waals surface area contributed by atoms with Gasteiger partial charge in [-0.05, 0) is 78.2 Å². The van der Waals surface area contributed by atoms with Gasteiger partial charge < -0.3 is 61.0 Å². The van der Waals surface area contributed by atoms with Crippen LogP contribution in [-0.4, -0.2) is 130 Å². The van der Waals surface area contributed by atoms with Crippen molar-refractivity contribution in [2.24, 2.45) is 5.41 Å². The number of halogens is 6. The van der Waals surface area contributed by atoms with Gasteiger partial charge in [0.05, 0.1) is 14.2 Å². The summed E-state index contributed by atoms with van der Waals surface area (Å²) < 4.78 is 93.7. The Labute approximate surface area is 486 Å². The summed E-state index contributed by atoms with van der Waals surface area (Å²) in [6.45, 7) is 19.4. The van der Waals surface area contributed by atoms with Crippen LogP contribution >= 0.6 is 0 Å². The lowest BCUT2D eigenvalue weighted by atomic mass is 9.91. The lowest BCUT2D eigenvalue weighted by Gasteiger charge is -2.36. The largest absolute Gasteiger partial charge is 0.479 e. The molecule has 28 heteroatoms. The van der Waals surface area contributed by atoms with Gasteiger partial charge in [-0.3, -0.25) is 19.2 Å². The van der Waals surface area contributed by atoms with Crippen molar-refractivity contribution in [3.8, 4) is 11.8 Å². The van der Waals surface area contributed by atoms with Gasteiger partial charge >= 0.3 is 12.4 Å². The summed E-state index contributed by atoms with van der Waals surface area (Å²) in [4.78, 5) is 80.5. The van der Waals surface area contributed by atoms with Crippen LogP contribution in [0.2, 0.25) is 0 Å². The molecule has 0 saturated carbocycles. The van der Waals surface area contributed by atoms with Gasteiger partial charge in [-0.1, -0.05) is 53.0 Å². The second kappa shape index (κ2) is 27.5. The molecular formula is C57H64F6N16O6. The van der Waals surface area contributed by atoms with E-state index >= 15 is 0 Å². The maximum Gasteiger partial charge on any atom is 0.421 e. The summed E-state index contributed by atoms with van der Waals surface area (Å²) in [5, 5.41) is 16.2. The molecule has 2 saturated heterocycles. The quantitative estimate of drug-likeness (QED) is 0.0346. The Kier molecular flexibility index (Phi) is 20.4. The van der Waals surface area contributed by atoms with Gasteiger partial charge in [0.1, 0.15) is 45.8 Å². The van der Waals surface area contributed by atoms with Crippen LogP contribution in [-0.2, 0) is 31.5 Å². The molecule has 0 unspecified atom stereocenters. The number of rotatable bonds is 18. The van der Waals surface area contributed by atoms with Gasteiger partial charge in [-0.15, -0.1) is 0 Å². The minimum Gasteiger partial charge on any atom is -0.479 e. The number of hydrogen-bond acceptors (Lipinski definition) is 18. The Bertz CT molecular complexity index is 3380. The van der Waals surface area contributed by atoms with Crippen LogP contribution in [0.3, 0.4) is 0 Å². The van der Waals surface area contributed by atoms with Gasteiger partial charge in [0, 0.05) is 100 Å². The minimum absolute atomic E-state index is 0.0882. The van der Waals surface area contributed by atoms with Crippen molar-refractivity contribution in [3.63, 3.8) is 0 Å². The molecule has 450 valence electrons. The fraction of sp³-hybridized carbons (Fsp3) is 0.333. The SMILES string of the molecule is C=CC(=O)Nc1cccc(Nc2nc(Nc3ccc(N4CCN(C(=O)CC(C)(C)C)CC4)nc3OC)ncc2C(F)(F)F)c1.C=CC(=O)Nc1cccc(Nc2nc(Nc3ccc(N4CCN(C(=O)CC)CC4)nc3OC)ncc2C(F)(F)F)c1. The Balaban J connectivity index is 0.000000244. The molecule has 6 heterocycles. The molecule has 85 heavy (non-hydrogen) atoms. The van der Waals surface area contributed by atoms with Crippen LogP contribution in [0.25, 0.3) is 0 Å². The molecule has 2 aliphatic rings. The fourth-order valence-corrected chi connectivity index (χ4v) is 8.61. The first-order valence-corrected chi connectivity index (χ1v) is 26.6. The summed E-state index contributed by atoms with van der Waals surface area (Å²) in [6, 6.07) is 19.1. The average molecular weight is 1180 g/mol. The zero-order valence-electron chi connectivity index (χ0n) is 47.4. The second-order valence-corrected chi connectivity index (χ2v) is 20.2. The molecule has 6 N–H and O–H groups in total. The van der Waals surface area contributed by atoms with Crippen molar-refractivity contribution in [2.75, 3.05) is 108 Å². The number of amides is 4. The number of aromatic nitrogens is 6. The number of pyridine rings is 2. The first-order chi connectivity index (χ1) is 40.4. The van der Waals surface area contributed by atoms with E-state index in [2.05, 4.69) is 75.0 Å². The van der Waals surface area contributed by atoms with Gasteiger partial charge in [-0.25, -0.2) is 9.97 Å². The van der Waals surface area contributed by atoms with Crippen LogP contribution in [0, 0.1) is 5.41 Å². The highest BCUT2D eigenvalue weighted by Crippen LogP contribution is 2.39. The number of methoxy groups -OCH3 is 2. The normalized spacial score (nSPS) is 13.6. The minimum atomic E-state index is -4.74. The van der Waals surface area contributed by atoms with Gasteiger partial charge in [0.15, 0.2) is 0 Å². The lowest BCUT2D eigenvalue weighted by molar-refractivity contribution is -0.138. The number of hydrogen-bond donors (Lipinski definition) is 6. The molecule has 0 atom stereocenters. The van der Waals surface area contributed by atoms with E-state index in [-0.39, 0.29) is 52.3 Å². The van der Waals surface area contributed by atoms with Gasteiger partial charge in [-0.2, -0.15) is 46.3 Å². The van der Waals surface area contributed by atoms with Crippen LogP contribution in [0.5, 0.6) is 11.8 Å². The smallest absolute Gasteiger partial charge is 0.421 e. The zero-order valence-corrected chi connectivity index (χ0v) is 47.4. The first-order valence-electron chi connectivity index (χ1n) is 26.6. The molecule has 0 aliphatic carbocycles. The van der Waals surface area contributed by atoms with Crippen molar-refractivity contribution in [3.05, 3.63) is 122 Å². The maximum atomic E-state index is 13.8. The first kappa shape index (κ1) is 62.8. The molecular weight excluding hydrogens is 1120 g/mol. The molecule has 2 aromatic carbocycles.